The van der Waals surface area contributed by atoms with E-state index in [0.717, 1.165) is 18.8 Å². The molecule has 0 saturated heterocycles. The lowest BCUT2D eigenvalue weighted by Crippen LogP contribution is -2.32. The highest BCUT2D eigenvalue weighted by Crippen LogP contribution is 2.09. The summed E-state index contributed by atoms with van der Waals surface area (Å²) in [6.07, 6.45) is 0. The summed E-state index contributed by atoms with van der Waals surface area (Å²) < 4.78 is 1.94. The molecule has 0 N–H and O–H groups in total. The largest absolute Gasteiger partial charge is 0.294 e. The molecule has 86 valence electrons. The van der Waals surface area contributed by atoms with E-state index in [1.165, 1.54) is 5.69 Å². The molecule has 3 nitrogen and oxygen atoms in total. The molecule has 1 heterocycles. The summed E-state index contributed by atoms with van der Waals surface area (Å²) in [5, 5.41) is 4.34. The third kappa shape index (κ3) is 3.50. The first-order chi connectivity index (χ1) is 7.04. The highest BCUT2D eigenvalue weighted by atomic mass is 35.5. The zero-order valence-corrected chi connectivity index (χ0v) is 10.8. The van der Waals surface area contributed by atoms with Gasteiger partial charge in [-0.3, -0.25) is 9.58 Å². The van der Waals surface area contributed by atoms with Crippen molar-refractivity contribution in [1.29, 1.82) is 0 Å². The van der Waals surface area contributed by atoms with Gasteiger partial charge in [0.25, 0.3) is 0 Å². The molecule has 0 amide bonds. The summed E-state index contributed by atoms with van der Waals surface area (Å²) in [5.74, 6) is 0.676. The van der Waals surface area contributed by atoms with Gasteiger partial charge in [0.2, 0.25) is 0 Å². The van der Waals surface area contributed by atoms with Crippen molar-refractivity contribution >= 4 is 11.6 Å². The molecular weight excluding hydrogens is 210 g/mol. The summed E-state index contributed by atoms with van der Waals surface area (Å²) >= 11 is 5.79. The number of aryl methyl sites for hydroxylation is 2. The van der Waals surface area contributed by atoms with Gasteiger partial charge in [-0.15, -0.1) is 11.6 Å². The Morgan fingerprint density at radius 3 is 2.60 bits per heavy atom. The normalized spacial score (nSPS) is 11.7. The van der Waals surface area contributed by atoms with E-state index in [1.807, 2.05) is 18.7 Å². The number of halogens is 1. The number of alkyl halides is 1. The molecule has 0 saturated carbocycles. The maximum absolute atomic E-state index is 5.79. The van der Waals surface area contributed by atoms with Gasteiger partial charge in [-0.1, -0.05) is 0 Å². The third-order valence-corrected chi connectivity index (χ3v) is 2.74. The molecule has 0 aliphatic rings. The van der Waals surface area contributed by atoms with Crippen LogP contribution in [0.5, 0.6) is 0 Å². The standard InChI is InChI=1S/C11H20ClN3/c1-9(2)15(6-5-12)8-11-7-10(3)13-14(11)4/h7,9H,5-6,8H2,1-4H3. The Balaban J connectivity index is 2.69. The van der Waals surface area contributed by atoms with Crippen LogP contribution in [-0.2, 0) is 13.6 Å². The van der Waals surface area contributed by atoms with Gasteiger partial charge in [0.1, 0.15) is 0 Å². The minimum atomic E-state index is 0.513. The van der Waals surface area contributed by atoms with Crippen LogP contribution in [0, 0.1) is 6.92 Å². The van der Waals surface area contributed by atoms with Crippen LogP contribution in [0.25, 0.3) is 0 Å². The molecule has 1 aromatic rings. The van der Waals surface area contributed by atoms with Crippen LogP contribution in [0.3, 0.4) is 0 Å². The van der Waals surface area contributed by atoms with E-state index < -0.39 is 0 Å². The van der Waals surface area contributed by atoms with Crippen LogP contribution >= 0.6 is 11.6 Å². The summed E-state index contributed by atoms with van der Waals surface area (Å²) in [5.41, 5.74) is 2.31. The van der Waals surface area contributed by atoms with E-state index in [0.29, 0.717) is 11.9 Å². The molecule has 4 heteroatoms. The first-order valence-electron chi connectivity index (χ1n) is 5.34. The fourth-order valence-electron chi connectivity index (χ4n) is 1.65. The van der Waals surface area contributed by atoms with E-state index >= 15 is 0 Å². The van der Waals surface area contributed by atoms with Crippen molar-refractivity contribution in [3.05, 3.63) is 17.5 Å². The van der Waals surface area contributed by atoms with Gasteiger partial charge in [-0.05, 0) is 26.8 Å². The molecule has 0 bridgehead atoms. The zero-order valence-electron chi connectivity index (χ0n) is 10.00. The molecule has 1 rings (SSSR count). The van der Waals surface area contributed by atoms with Gasteiger partial charge in [0.15, 0.2) is 0 Å². The Bertz CT molecular complexity index is 307. The van der Waals surface area contributed by atoms with Crippen molar-refractivity contribution in [2.75, 3.05) is 12.4 Å². The van der Waals surface area contributed by atoms with Crippen molar-refractivity contribution < 1.29 is 0 Å². The quantitative estimate of drug-likeness (QED) is 0.722. The lowest BCUT2D eigenvalue weighted by atomic mass is 10.2. The van der Waals surface area contributed by atoms with Crippen LogP contribution in [0.4, 0.5) is 0 Å². The first kappa shape index (κ1) is 12.5. The van der Waals surface area contributed by atoms with Gasteiger partial charge in [-0.25, -0.2) is 0 Å². The zero-order chi connectivity index (χ0) is 11.4. The summed E-state index contributed by atoms with van der Waals surface area (Å²) in [7, 11) is 1.99. The number of rotatable bonds is 5. The highest BCUT2D eigenvalue weighted by molar-refractivity contribution is 6.18. The van der Waals surface area contributed by atoms with Crippen molar-refractivity contribution in [1.82, 2.24) is 14.7 Å². The Morgan fingerprint density at radius 2 is 2.20 bits per heavy atom. The highest BCUT2D eigenvalue weighted by Gasteiger charge is 2.11. The molecule has 0 unspecified atom stereocenters. The van der Waals surface area contributed by atoms with Crippen molar-refractivity contribution in [3.8, 4) is 0 Å². The molecule has 0 aromatic carbocycles. The Labute approximate surface area is 97.0 Å². The molecule has 0 atom stereocenters. The molecule has 0 fully saturated rings. The van der Waals surface area contributed by atoms with E-state index in [1.54, 1.807) is 0 Å². The minimum Gasteiger partial charge on any atom is -0.294 e. The molecule has 1 aromatic heterocycles. The van der Waals surface area contributed by atoms with Gasteiger partial charge in [0.05, 0.1) is 11.4 Å². The maximum atomic E-state index is 5.79. The van der Waals surface area contributed by atoms with Crippen molar-refractivity contribution in [3.63, 3.8) is 0 Å². The van der Waals surface area contributed by atoms with E-state index in [9.17, 15) is 0 Å². The molecular formula is C11H20ClN3. The SMILES string of the molecule is Cc1cc(CN(CCCl)C(C)C)n(C)n1. The van der Waals surface area contributed by atoms with Gasteiger partial charge in [-0.2, -0.15) is 5.10 Å². The van der Waals surface area contributed by atoms with E-state index in [4.69, 9.17) is 11.6 Å². The average Bonchev–Trinajstić information content (AvgIpc) is 2.44. The van der Waals surface area contributed by atoms with Crippen LogP contribution in [0.1, 0.15) is 25.2 Å². The van der Waals surface area contributed by atoms with E-state index in [2.05, 4.69) is 29.9 Å². The second kappa shape index (κ2) is 5.52. The molecule has 0 aliphatic heterocycles. The number of nitrogens with zero attached hydrogens (tertiary/aromatic N) is 3. The van der Waals surface area contributed by atoms with Crippen LogP contribution in [0.2, 0.25) is 0 Å². The van der Waals surface area contributed by atoms with Crippen LogP contribution in [0.15, 0.2) is 6.07 Å². The molecule has 15 heavy (non-hydrogen) atoms. The van der Waals surface area contributed by atoms with Gasteiger partial charge in [0, 0.05) is 32.1 Å². The molecule has 0 spiro atoms. The Hall–Kier alpha value is -0.540. The maximum Gasteiger partial charge on any atom is 0.0597 e. The Kier molecular flexibility index (Phi) is 4.61. The fraction of sp³-hybridized carbons (Fsp3) is 0.727. The second-order valence-corrected chi connectivity index (χ2v) is 4.53. The van der Waals surface area contributed by atoms with Gasteiger partial charge < -0.3 is 0 Å². The monoisotopic (exact) mass is 229 g/mol. The summed E-state index contributed by atoms with van der Waals surface area (Å²) in [6.45, 7) is 8.24. The fourth-order valence-corrected chi connectivity index (χ4v) is 1.87. The minimum absolute atomic E-state index is 0.513. The van der Waals surface area contributed by atoms with Crippen LogP contribution < -0.4 is 0 Å². The smallest absolute Gasteiger partial charge is 0.0597 e. The number of hydrogen-bond donors (Lipinski definition) is 0. The lowest BCUT2D eigenvalue weighted by Gasteiger charge is -2.25. The number of hydrogen-bond acceptors (Lipinski definition) is 2. The predicted molar refractivity (Wildman–Crippen MR) is 64.2 cm³/mol. The predicted octanol–water partition coefficient (Wildman–Crippen LogP) is 2.18. The number of aromatic nitrogens is 2. The van der Waals surface area contributed by atoms with Crippen molar-refractivity contribution in [2.45, 2.75) is 33.4 Å². The first-order valence-corrected chi connectivity index (χ1v) is 5.87. The summed E-state index contributed by atoms with van der Waals surface area (Å²) in [6, 6.07) is 2.64. The third-order valence-electron chi connectivity index (χ3n) is 2.57. The average molecular weight is 230 g/mol. The summed E-state index contributed by atoms with van der Waals surface area (Å²) in [4.78, 5) is 2.35. The molecule has 0 aliphatic carbocycles. The van der Waals surface area contributed by atoms with E-state index in [-0.39, 0.29) is 0 Å². The van der Waals surface area contributed by atoms with Crippen LogP contribution in [-0.4, -0.2) is 33.1 Å². The van der Waals surface area contributed by atoms with Crippen molar-refractivity contribution in [2.24, 2.45) is 7.05 Å². The topological polar surface area (TPSA) is 21.1 Å². The lowest BCUT2D eigenvalue weighted by molar-refractivity contribution is 0.220. The second-order valence-electron chi connectivity index (χ2n) is 4.15. The Morgan fingerprint density at radius 1 is 1.53 bits per heavy atom. The molecule has 0 radical (unpaired) electrons. The van der Waals surface area contributed by atoms with Gasteiger partial charge >= 0.3 is 0 Å².